The molecule has 0 saturated carbocycles. The average molecular weight is 201 g/mol. The Balaban J connectivity index is 2.41. The second kappa shape index (κ2) is 3.89. The molecule has 0 aliphatic rings. The van der Waals surface area contributed by atoms with E-state index in [0.29, 0.717) is 0 Å². The summed E-state index contributed by atoms with van der Waals surface area (Å²) in [7, 11) is 0. The second-order valence-electron chi connectivity index (χ2n) is 3.94. The van der Waals surface area contributed by atoms with Crippen LogP contribution in [0.2, 0.25) is 0 Å². The first-order valence-electron chi connectivity index (χ1n) is 5.34. The molecule has 2 nitrogen and oxygen atoms in total. The van der Waals surface area contributed by atoms with Crippen molar-refractivity contribution in [2.75, 3.05) is 0 Å². The molecule has 1 aromatic carbocycles. The molecule has 1 atom stereocenters. The fraction of sp³-hybridized carbons (Fsp3) is 0.308. The predicted octanol–water partition coefficient (Wildman–Crippen LogP) is 3.40. The number of nitrogens with one attached hydrogen (secondary N) is 1. The first-order chi connectivity index (χ1) is 7.22. The van der Waals surface area contributed by atoms with Crippen LogP contribution in [-0.4, -0.2) is 10.8 Å². The summed E-state index contributed by atoms with van der Waals surface area (Å²) in [5, 5.41) is 1.10. The van der Waals surface area contributed by atoms with Crippen LogP contribution in [0, 0.1) is 5.92 Å². The standard InChI is InChI=1S/C13H15NO/c1-3-9(2)13(15)12-8-10-6-4-5-7-11(10)14-12/h4-9,14H,3H2,1-2H3. The smallest absolute Gasteiger partial charge is 0.181 e. The van der Waals surface area contributed by atoms with Gasteiger partial charge in [0.15, 0.2) is 5.78 Å². The summed E-state index contributed by atoms with van der Waals surface area (Å²) in [5.74, 6) is 0.298. The van der Waals surface area contributed by atoms with Gasteiger partial charge in [0.25, 0.3) is 0 Å². The number of aromatic amines is 1. The van der Waals surface area contributed by atoms with Gasteiger partial charge < -0.3 is 4.98 Å². The third kappa shape index (κ3) is 1.80. The van der Waals surface area contributed by atoms with Crippen molar-refractivity contribution < 1.29 is 4.79 Å². The normalized spacial score (nSPS) is 12.9. The highest BCUT2D eigenvalue weighted by atomic mass is 16.1. The molecule has 0 amide bonds. The van der Waals surface area contributed by atoms with E-state index in [-0.39, 0.29) is 11.7 Å². The quantitative estimate of drug-likeness (QED) is 0.758. The van der Waals surface area contributed by atoms with Crippen LogP contribution in [0.15, 0.2) is 30.3 Å². The SMILES string of the molecule is CCC(C)C(=O)c1cc2ccccc2[nH]1. The maximum Gasteiger partial charge on any atom is 0.181 e. The van der Waals surface area contributed by atoms with Crippen molar-refractivity contribution in [1.82, 2.24) is 4.98 Å². The van der Waals surface area contributed by atoms with E-state index in [0.717, 1.165) is 23.0 Å². The number of H-pyrrole nitrogens is 1. The maximum absolute atomic E-state index is 11.9. The van der Waals surface area contributed by atoms with Crippen molar-refractivity contribution in [2.45, 2.75) is 20.3 Å². The number of carbonyl (C=O) groups is 1. The molecule has 1 unspecified atom stereocenters. The van der Waals surface area contributed by atoms with Crippen molar-refractivity contribution in [3.05, 3.63) is 36.0 Å². The van der Waals surface area contributed by atoms with E-state index >= 15 is 0 Å². The van der Waals surface area contributed by atoms with Crippen LogP contribution in [-0.2, 0) is 0 Å². The van der Waals surface area contributed by atoms with Gasteiger partial charge in [-0.1, -0.05) is 32.0 Å². The zero-order valence-electron chi connectivity index (χ0n) is 9.08. The molecule has 1 N–H and O–H groups in total. The summed E-state index contributed by atoms with van der Waals surface area (Å²) in [6.07, 6.45) is 0.883. The molecule has 1 heterocycles. The Hall–Kier alpha value is -1.57. The lowest BCUT2D eigenvalue weighted by Gasteiger charge is -2.04. The Morgan fingerprint density at radius 2 is 2.13 bits per heavy atom. The summed E-state index contributed by atoms with van der Waals surface area (Å²) in [4.78, 5) is 15.1. The molecule has 15 heavy (non-hydrogen) atoms. The van der Waals surface area contributed by atoms with Gasteiger partial charge in [0.05, 0.1) is 5.69 Å². The number of Topliss-reactive ketones (excluding diaryl/α,β-unsaturated/α-hetero) is 1. The van der Waals surface area contributed by atoms with E-state index in [1.807, 2.05) is 44.2 Å². The molecule has 0 saturated heterocycles. The highest BCUT2D eigenvalue weighted by molar-refractivity contribution is 6.00. The van der Waals surface area contributed by atoms with Gasteiger partial charge >= 0.3 is 0 Å². The minimum atomic E-state index is 0.0954. The van der Waals surface area contributed by atoms with Gasteiger partial charge in [-0.15, -0.1) is 0 Å². The second-order valence-corrected chi connectivity index (χ2v) is 3.94. The minimum Gasteiger partial charge on any atom is -0.352 e. The first-order valence-corrected chi connectivity index (χ1v) is 5.34. The number of benzene rings is 1. The molecule has 0 radical (unpaired) electrons. The lowest BCUT2D eigenvalue weighted by Crippen LogP contribution is -2.10. The van der Waals surface area contributed by atoms with E-state index in [1.165, 1.54) is 0 Å². The number of para-hydroxylation sites is 1. The van der Waals surface area contributed by atoms with E-state index < -0.39 is 0 Å². The number of ketones is 1. The van der Waals surface area contributed by atoms with Crippen molar-refractivity contribution in [3.8, 4) is 0 Å². The van der Waals surface area contributed by atoms with Crippen LogP contribution >= 0.6 is 0 Å². The van der Waals surface area contributed by atoms with Gasteiger partial charge in [0.1, 0.15) is 0 Å². The fourth-order valence-electron chi connectivity index (χ4n) is 1.66. The molecular weight excluding hydrogens is 186 g/mol. The highest BCUT2D eigenvalue weighted by Gasteiger charge is 2.14. The van der Waals surface area contributed by atoms with Crippen molar-refractivity contribution in [3.63, 3.8) is 0 Å². The molecule has 1 aromatic heterocycles. The molecule has 2 aromatic rings. The lowest BCUT2D eigenvalue weighted by molar-refractivity contribution is 0.0923. The molecule has 0 spiro atoms. The van der Waals surface area contributed by atoms with Gasteiger partial charge in [0.2, 0.25) is 0 Å². The molecule has 0 aliphatic heterocycles. The van der Waals surface area contributed by atoms with E-state index in [4.69, 9.17) is 0 Å². The van der Waals surface area contributed by atoms with Crippen LogP contribution in [0.1, 0.15) is 30.8 Å². The average Bonchev–Trinajstić information content (AvgIpc) is 2.70. The predicted molar refractivity (Wildman–Crippen MR) is 62.1 cm³/mol. The van der Waals surface area contributed by atoms with E-state index in [1.54, 1.807) is 0 Å². The third-order valence-electron chi connectivity index (χ3n) is 2.86. The lowest BCUT2D eigenvalue weighted by atomic mass is 10.0. The number of hydrogen-bond acceptors (Lipinski definition) is 1. The fourth-order valence-corrected chi connectivity index (χ4v) is 1.66. The number of aromatic nitrogens is 1. The van der Waals surface area contributed by atoms with E-state index in [2.05, 4.69) is 4.98 Å². The number of hydrogen-bond donors (Lipinski definition) is 1. The molecular formula is C13H15NO. The molecule has 2 heteroatoms. The van der Waals surface area contributed by atoms with Crippen molar-refractivity contribution in [1.29, 1.82) is 0 Å². The monoisotopic (exact) mass is 201 g/mol. The van der Waals surface area contributed by atoms with Crippen LogP contribution in [0.4, 0.5) is 0 Å². The zero-order valence-corrected chi connectivity index (χ0v) is 9.08. The number of fused-ring (bicyclic) bond motifs is 1. The molecule has 0 aliphatic carbocycles. The zero-order chi connectivity index (χ0) is 10.8. The van der Waals surface area contributed by atoms with Crippen LogP contribution in [0.5, 0.6) is 0 Å². The molecule has 2 rings (SSSR count). The third-order valence-corrected chi connectivity index (χ3v) is 2.86. The summed E-state index contributed by atoms with van der Waals surface area (Å²) in [5.41, 5.74) is 1.76. The number of rotatable bonds is 3. The molecule has 0 fully saturated rings. The Labute approximate surface area is 89.3 Å². The van der Waals surface area contributed by atoms with Crippen LogP contribution < -0.4 is 0 Å². The van der Waals surface area contributed by atoms with Gasteiger partial charge in [-0.25, -0.2) is 0 Å². The van der Waals surface area contributed by atoms with Gasteiger partial charge in [-0.2, -0.15) is 0 Å². The van der Waals surface area contributed by atoms with Crippen LogP contribution in [0.3, 0.4) is 0 Å². The summed E-state index contributed by atoms with van der Waals surface area (Å²) in [6.45, 7) is 4.00. The Morgan fingerprint density at radius 1 is 1.40 bits per heavy atom. The summed E-state index contributed by atoms with van der Waals surface area (Å²) < 4.78 is 0. The summed E-state index contributed by atoms with van der Waals surface area (Å²) >= 11 is 0. The van der Waals surface area contributed by atoms with Gasteiger partial charge in [-0.3, -0.25) is 4.79 Å². The summed E-state index contributed by atoms with van der Waals surface area (Å²) in [6, 6.07) is 9.88. The minimum absolute atomic E-state index is 0.0954. The maximum atomic E-state index is 11.9. The molecule has 0 bridgehead atoms. The Kier molecular flexibility index (Phi) is 2.58. The van der Waals surface area contributed by atoms with Crippen molar-refractivity contribution >= 4 is 16.7 Å². The molecule has 78 valence electrons. The van der Waals surface area contributed by atoms with Gasteiger partial charge in [-0.05, 0) is 18.6 Å². The topological polar surface area (TPSA) is 32.9 Å². The number of carbonyl (C=O) groups excluding carboxylic acids is 1. The van der Waals surface area contributed by atoms with E-state index in [9.17, 15) is 4.79 Å². The Bertz CT molecular complexity index is 451. The highest BCUT2D eigenvalue weighted by Crippen LogP contribution is 2.18. The van der Waals surface area contributed by atoms with Crippen LogP contribution in [0.25, 0.3) is 10.9 Å². The Morgan fingerprint density at radius 3 is 2.80 bits per heavy atom. The largest absolute Gasteiger partial charge is 0.352 e. The van der Waals surface area contributed by atoms with Crippen molar-refractivity contribution in [2.24, 2.45) is 5.92 Å². The first kappa shape index (κ1) is 9.97. The van der Waals surface area contributed by atoms with Gasteiger partial charge in [0, 0.05) is 16.8 Å².